The Bertz CT molecular complexity index is 2390. The average Bonchev–Trinajstić information content (AvgIpc) is 3.66. The van der Waals surface area contributed by atoms with Crippen LogP contribution in [0.5, 0.6) is 11.5 Å². The first-order valence-corrected chi connectivity index (χ1v) is 15.6. The molecule has 0 saturated heterocycles. The summed E-state index contributed by atoms with van der Waals surface area (Å²) in [5, 5.41) is 9.38. The third kappa shape index (κ3) is 4.97. The standard InChI is InChI=1S/C38H30N4OS.Pt/c1-23-19-24(2)42(40-23)26-9-8-10-27(21-26)43-28-13-14-29-30-15-16-34-36(31-11-6-7-12-33(31)44-34)37(30)41(32(29)22-28)35-20-25(17-18-39-35)38(3,4)5;/h6-20H,1-5H3;/q-2;+2. The Morgan fingerprint density at radius 2 is 1.58 bits per heavy atom. The van der Waals surface area contributed by atoms with Gasteiger partial charge >= 0.3 is 21.1 Å². The molecule has 0 fully saturated rings. The molecule has 0 aliphatic carbocycles. The number of aryl methyl sites for hydroxylation is 2. The molecule has 4 heterocycles. The molecule has 0 aliphatic heterocycles. The van der Waals surface area contributed by atoms with Crippen LogP contribution >= 0.6 is 11.3 Å². The summed E-state index contributed by atoms with van der Waals surface area (Å²) in [6.45, 7) is 10.7. The topological polar surface area (TPSA) is 44.9 Å². The molecule has 0 saturated carbocycles. The molecule has 0 N–H and O–H groups in total. The van der Waals surface area contributed by atoms with E-state index in [4.69, 9.17) is 9.72 Å². The van der Waals surface area contributed by atoms with Crippen molar-refractivity contribution < 1.29 is 25.8 Å². The normalized spacial score (nSPS) is 11.9. The Balaban J connectivity index is 0.00000325. The van der Waals surface area contributed by atoms with Crippen LogP contribution in [0, 0.1) is 26.0 Å². The number of fused-ring (bicyclic) bond motifs is 7. The summed E-state index contributed by atoms with van der Waals surface area (Å²) in [6, 6.07) is 36.5. The van der Waals surface area contributed by atoms with Gasteiger partial charge in [-0.05, 0) is 66.2 Å². The molecule has 0 atom stereocenters. The minimum atomic E-state index is -0.0227. The van der Waals surface area contributed by atoms with Gasteiger partial charge in [0.25, 0.3) is 0 Å². The summed E-state index contributed by atoms with van der Waals surface area (Å²) in [7, 11) is 0. The molecule has 8 rings (SSSR count). The third-order valence-electron chi connectivity index (χ3n) is 8.20. The summed E-state index contributed by atoms with van der Waals surface area (Å²) in [5.74, 6) is 2.08. The van der Waals surface area contributed by atoms with Gasteiger partial charge in [0.05, 0.1) is 11.2 Å². The van der Waals surface area contributed by atoms with Crippen LogP contribution in [-0.2, 0) is 26.5 Å². The van der Waals surface area contributed by atoms with Crippen LogP contribution in [0.4, 0.5) is 0 Å². The van der Waals surface area contributed by atoms with Gasteiger partial charge < -0.3 is 9.30 Å². The van der Waals surface area contributed by atoms with Gasteiger partial charge in [0.2, 0.25) is 0 Å². The Morgan fingerprint density at radius 1 is 0.778 bits per heavy atom. The SMILES string of the molecule is Cc1cc(C)n(-c2[c-]c(Oc3[c-]c4c(cc3)c3ccc5sc6ccccc6c5c3n4-c3cc(C(C)(C)C)ccn3)ccc2)n1.[Pt+2]. The number of thiophene rings is 1. The number of hydrogen-bond donors (Lipinski definition) is 0. The fraction of sp³-hybridized carbons (Fsp3) is 0.158. The van der Waals surface area contributed by atoms with Gasteiger partial charge in [0.15, 0.2) is 0 Å². The summed E-state index contributed by atoms with van der Waals surface area (Å²) in [4.78, 5) is 4.93. The Hall–Kier alpha value is -4.25. The molecule has 7 heteroatoms. The molecule has 8 aromatic rings. The first-order valence-electron chi connectivity index (χ1n) is 14.8. The summed E-state index contributed by atoms with van der Waals surface area (Å²) in [5.41, 5.74) is 6.11. The number of pyridine rings is 1. The number of aromatic nitrogens is 4. The van der Waals surface area contributed by atoms with Crippen LogP contribution < -0.4 is 4.74 Å². The van der Waals surface area contributed by atoms with Crippen molar-refractivity contribution in [1.29, 1.82) is 0 Å². The minimum Gasteiger partial charge on any atom is -0.509 e. The monoisotopic (exact) mass is 785 g/mol. The van der Waals surface area contributed by atoms with Crippen molar-refractivity contribution in [3.63, 3.8) is 0 Å². The van der Waals surface area contributed by atoms with E-state index in [2.05, 4.69) is 103 Å². The second-order valence-electron chi connectivity index (χ2n) is 12.3. The smallest absolute Gasteiger partial charge is 0.509 e. The van der Waals surface area contributed by atoms with Gasteiger partial charge in [-0.2, -0.15) is 17.2 Å². The Morgan fingerprint density at radius 3 is 2.38 bits per heavy atom. The fourth-order valence-electron chi connectivity index (χ4n) is 6.12. The number of hydrogen-bond acceptors (Lipinski definition) is 4. The molecule has 5 nitrogen and oxygen atoms in total. The van der Waals surface area contributed by atoms with Gasteiger partial charge in [-0.25, -0.2) is 4.98 Å². The molecule has 0 bridgehead atoms. The van der Waals surface area contributed by atoms with Crippen LogP contribution in [0.3, 0.4) is 0 Å². The van der Waals surface area contributed by atoms with Gasteiger partial charge in [-0.3, -0.25) is 4.68 Å². The van der Waals surface area contributed by atoms with E-state index in [1.54, 1.807) is 0 Å². The molecule has 4 aromatic carbocycles. The zero-order valence-corrected chi connectivity index (χ0v) is 28.7. The predicted octanol–water partition coefficient (Wildman–Crippen LogP) is 10.0. The van der Waals surface area contributed by atoms with Crippen LogP contribution in [0.2, 0.25) is 0 Å². The van der Waals surface area contributed by atoms with E-state index >= 15 is 0 Å². The van der Waals surface area contributed by atoms with E-state index in [-0.39, 0.29) is 26.5 Å². The van der Waals surface area contributed by atoms with Crippen molar-refractivity contribution in [3.8, 4) is 23.0 Å². The van der Waals surface area contributed by atoms with Gasteiger partial charge in [0.1, 0.15) is 5.82 Å². The van der Waals surface area contributed by atoms with Gasteiger partial charge in [0, 0.05) is 43.6 Å². The molecular weight excluding hydrogens is 756 g/mol. The zero-order valence-electron chi connectivity index (χ0n) is 25.6. The molecule has 0 spiro atoms. The second-order valence-corrected chi connectivity index (χ2v) is 13.4. The average molecular weight is 786 g/mol. The van der Waals surface area contributed by atoms with Crippen molar-refractivity contribution in [2.75, 3.05) is 0 Å². The van der Waals surface area contributed by atoms with E-state index in [1.165, 1.54) is 31.1 Å². The maximum atomic E-state index is 6.42. The fourth-order valence-corrected chi connectivity index (χ4v) is 7.23. The predicted molar refractivity (Wildman–Crippen MR) is 181 cm³/mol. The Labute approximate surface area is 280 Å². The van der Waals surface area contributed by atoms with Crippen molar-refractivity contribution in [1.82, 2.24) is 19.3 Å². The minimum absolute atomic E-state index is 0. The van der Waals surface area contributed by atoms with E-state index in [0.29, 0.717) is 11.5 Å². The molecule has 45 heavy (non-hydrogen) atoms. The first-order chi connectivity index (χ1) is 21.2. The first kappa shape index (κ1) is 29.5. The van der Waals surface area contributed by atoms with E-state index in [9.17, 15) is 0 Å². The quantitative estimate of drug-likeness (QED) is 0.167. The van der Waals surface area contributed by atoms with Crippen LogP contribution in [0.25, 0.3) is 53.5 Å². The molecule has 0 aliphatic rings. The molecular formula is C38H30N4OPtS. The Kier molecular flexibility index (Phi) is 7.18. The summed E-state index contributed by atoms with van der Waals surface area (Å²) in [6.07, 6.45) is 1.92. The van der Waals surface area contributed by atoms with E-state index < -0.39 is 0 Å². The second kappa shape index (κ2) is 11.0. The zero-order chi connectivity index (χ0) is 30.2. The summed E-state index contributed by atoms with van der Waals surface area (Å²) >= 11 is 1.82. The number of benzene rings is 4. The molecule has 224 valence electrons. The maximum absolute atomic E-state index is 6.42. The van der Waals surface area contributed by atoms with Gasteiger partial charge in [-0.15, -0.1) is 47.1 Å². The van der Waals surface area contributed by atoms with Crippen molar-refractivity contribution >= 4 is 53.3 Å². The van der Waals surface area contributed by atoms with Crippen molar-refractivity contribution in [2.24, 2.45) is 0 Å². The van der Waals surface area contributed by atoms with Crippen LogP contribution in [0.15, 0.2) is 91.1 Å². The van der Waals surface area contributed by atoms with Crippen LogP contribution in [-0.4, -0.2) is 19.3 Å². The number of rotatable bonds is 4. The number of ether oxygens (including phenoxy) is 1. The van der Waals surface area contributed by atoms with Gasteiger partial charge in [-0.1, -0.05) is 50.6 Å². The molecule has 0 unspecified atom stereocenters. The number of nitrogens with zero attached hydrogens (tertiary/aromatic N) is 4. The van der Waals surface area contributed by atoms with Crippen molar-refractivity contribution in [3.05, 3.63) is 120 Å². The van der Waals surface area contributed by atoms with Crippen molar-refractivity contribution in [2.45, 2.75) is 40.0 Å². The summed E-state index contributed by atoms with van der Waals surface area (Å²) < 4.78 is 13.1. The molecule has 0 amide bonds. The molecule has 0 radical (unpaired) electrons. The van der Waals surface area contributed by atoms with E-state index in [1.807, 2.05) is 60.3 Å². The largest absolute Gasteiger partial charge is 2.00 e. The molecule has 4 aromatic heterocycles. The third-order valence-corrected chi connectivity index (χ3v) is 9.34. The van der Waals surface area contributed by atoms with Crippen LogP contribution in [0.1, 0.15) is 37.7 Å². The maximum Gasteiger partial charge on any atom is 2.00 e. The van der Waals surface area contributed by atoms with E-state index in [0.717, 1.165) is 39.3 Å².